The molecular formula is C18H20N4O7. The van der Waals surface area contributed by atoms with Crippen LogP contribution in [-0.4, -0.2) is 65.4 Å². The number of rotatable bonds is 7. The van der Waals surface area contributed by atoms with E-state index < -0.39 is 36.0 Å². The third-order valence-electron chi connectivity index (χ3n) is 4.89. The Kier molecular flexibility index (Phi) is 5.66. The van der Waals surface area contributed by atoms with Gasteiger partial charge in [0.1, 0.15) is 25.5 Å². The molecule has 3 aliphatic rings. The number of carboxylic acids is 1. The maximum Gasteiger partial charge on any atom is 0.404 e. The normalized spacial score (nSPS) is 23.2. The first-order chi connectivity index (χ1) is 13.8. The molecule has 0 aromatic rings. The second-order valence-corrected chi connectivity index (χ2v) is 6.58. The van der Waals surface area contributed by atoms with Gasteiger partial charge in [0.2, 0.25) is 0 Å². The minimum Gasteiger partial charge on any atom is -0.477 e. The predicted molar refractivity (Wildman–Crippen MR) is 98.3 cm³/mol. The molecule has 11 heteroatoms. The van der Waals surface area contributed by atoms with E-state index in [0.29, 0.717) is 18.4 Å². The zero-order chi connectivity index (χ0) is 21.1. The third-order valence-corrected chi connectivity index (χ3v) is 4.89. The quantitative estimate of drug-likeness (QED) is 0.301. The van der Waals surface area contributed by atoms with Crippen molar-refractivity contribution in [3.8, 4) is 0 Å². The van der Waals surface area contributed by atoms with Crippen LogP contribution in [0.5, 0.6) is 0 Å². The molecule has 2 heterocycles. The van der Waals surface area contributed by atoms with E-state index in [9.17, 15) is 24.3 Å². The monoisotopic (exact) mass is 404 g/mol. The lowest BCUT2D eigenvalue weighted by Crippen LogP contribution is -2.72. The van der Waals surface area contributed by atoms with Crippen molar-refractivity contribution in [3.63, 3.8) is 0 Å². The van der Waals surface area contributed by atoms with Crippen molar-refractivity contribution in [1.82, 2.24) is 10.2 Å². The van der Waals surface area contributed by atoms with Crippen LogP contribution in [0.1, 0.15) is 19.3 Å². The number of primary amides is 1. The van der Waals surface area contributed by atoms with Crippen LogP contribution in [-0.2, 0) is 24.0 Å². The van der Waals surface area contributed by atoms with E-state index >= 15 is 0 Å². The average molecular weight is 404 g/mol. The summed E-state index contributed by atoms with van der Waals surface area (Å²) < 4.78 is 4.68. The number of ether oxygens (including phenoxy) is 1. The maximum atomic E-state index is 12.6. The molecule has 0 saturated carbocycles. The number of β-lactam (4-membered cyclic amide) rings is 1. The van der Waals surface area contributed by atoms with Crippen molar-refractivity contribution in [2.75, 3.05) is 13.7 Å². The topological polar surface area (TPSA) is 161 Å². The van der Waals surface area contributed by atoms with Crippen LogP contribution in [0.2, 0.25) is 0 Å². The lowest BCUT2D eigenvalue weighted by molar-refractivity contribution is -0.155. The van der Waals surface area contributed by atoms with Gasteiger partial charge in [-0.2, -0.15) is 0 Å². The number of nitrogens with one attached hydrogen (secondary N) is 1. The summed E-state index contributed by atoms with van der Waals surface area (Å²) in [7, 11) is 1.31. The van der Waals surface area contributed by atoms with E-state index in [2.05, 4.69) is 15.2 Å². The van der Waals surface area contributed by atoms with E-state index in [4.69, 9.17) is 10.6 Å². The number of fused-ring (bicyclic) bond motifs is 1. The van der Waals surface area contributed by atoms with Crippen LogP contribution >= 0.6 is 0 Å². The number of nitrogens with zero attached hydrogens (tertiary/aromatic N) is 2. The van der Waals surface area contributed by atoms with Crippen LogP contribution in [0.25, 0.3) is 0 Å². The average Bonchev–Trinajstić information content (AvgIpc) is 3.21. The number of nitrogens with two attached hydrogens (primary N) is 1. The van der Waals surface area contributed by atoms with E-state index in [-0.39, 0.29) is 30.0 Å². The third kappa shape index (κ3) is 3.84. The molecule has 0 aromatic heterocycles. The molecule has 1 unspecified atom stereocenters. The number of carboxylic acid groups (broad SMARTS) is 1. The van der Waals surface area contributed by atoms with Gasteiger partial charge < -0.3 is 25.7 Å². The first kappa shape index (κ1) is 20.1. The van der Waals surface area contributed by atoms with Crippen LogP contribution in [0.4, 0.5) is 4.79 Å². The van der Waals surface area contributed by atoms with Gasteiger partial charge >= 0.3 is 12.1 Å². The molecular weight excluding hydrogens is 384 g/mol. The number of oxime groups is 1. The molecule has 3 amide bonds. The summed E-state index contributed by atoms with van der Waals surface area (Å²) in [6.07, 6.45) is 5.51. The number of amides is 3. The molecule has 4 N–H and O–H groups in total. The summed E-state index contributed by atoms with van der Waals surface area (Å²) in [6.45, 7) is -0.309. The Morgan fingerprint density at radius 1 is 1.41 bits per heavy atom. The molecule has 0 bridgehead atoms. The Morgan fingerprint density at radius 2 is 2.17 bits per heavy atom. The highest BCUT2D eigenvalue weighted by atomic mass is 16.6. The van der Waals surface area contributed by atoms with Gasteiger partial charge in [0.25, 0.3) is 11.8 Å². The van der Waals surface area contributed by atoms with Crippen molar-refractivity contribution < 1.29 is 33.9 Å². The number of aliphatic carboxylic acids is 1. The zero-order valence-electron chi connectivity index (χ0n) is 15.6. The molecule has 0 spiro atoms. The number of hydrogen-bond acceptors (Lipinski definition) is 7. The van der Waals surface area contributed by atoms with E-state index in [1.165, 1.54) is 7.11 Å². The molecule has 2 aliphatic heterocycles. The second-order valence-electron chi connectivity index (χ2n) is 6.58. The molecule has 1 aliphatic carbocycles. The molecule has 0 aromatic carbocycles. The van der Waals surface area contributed by atoms with Gasteiger partial charge in [0, 0.05) is 0 Å². The van der Waals surface area contributed by atoms with Crippen molar-refractivity contribution >= 4 is 29.6 Å². The van der Waals surface area contributed by atoms with Crippen molar-refractivity contribution in [2.45, 2.75) is 31.3 Å². The van der Waals surface area contributed by atoms with Crippen LogP contribution < -0.4 is 11.1 Å². The molecule has 1 fully saturated rings. The van der Waals surface area contributed by atoms with Gasteiger partial charge in [-0.05, 0) is 30.4 Å². The Bertz CT molecular complexity index is 887. The van der Waals surface area contributed by atoms with E-state index in [0.717, 1.165) is 4.90 Å². The summed E-state index contributed by atoms with van der Waals surface area (Å²) in [4.78, 5) is 53.6. The fourth-order valence-corrected chi connectivity index (χ4v) is 3.61. The molecule has 1 saturated heterocycles. The van der Waals surface area contributed by atoms with Gasteiger partial charge in [0.05, 0.1) is 6.04 Å². The van der Waals surface area contributed by atoms with Crippen molar-refractivity contribution in [3.05, 3.63) is 35.1 Å². The van der Waals surface area contributed by atoms with E-state index in [1.54, 1.807) is 12.2 Å². The van der Waals surface area contributed by atoms with Crippen LogP contribution in [0, 0.1) is 0 Å². The van der Waals surface area contributed by atoms with E-state index in [1.807, 2.05) is 6.08 Å². The lowest BCUT2D eigenvalue weighted by Gasteiger charge is -2.50. The largest absolute Gasteiger partial charge is 0.477 e. The van der Waals surface area contributed by atoms with Gasteiger partial charge in [-0.15, -0.1) is 0 Å². The molecule has 2 atom stereocenters. The lowest BCUT2D eigenvalue weighted by atomic mass is 9.83. The Hall–Kier alpha value is -3.63. The highest BCUT2D eigenvalue weighted by molar-refractivity contribution is 6.45. The predicted octanol–water partition coefficient (Wildman–Crippen LogP) is -0.201. The van der Waals surface area contributed by atoms with Gasteiger partial charge in [-0.3, -0.25) is 14.5 Å². The number of carbonyl (C=O) groups is 4. The summed E-state index contributed by atoms with van der Waals surface area (Å²) in [5, 5.41) is 15.9. The fourth-order valence-electron chi connectivity index (χ4n) is 3.61. The molecule has 29 heavy (non-hydrogen) atoms. The van der Waals surface area contributed by atoms with Crippen LogP contribution in [0.15, 0.2) is 40.2 Å². The van der Waals surface area contributed by atoms with Gasteiger partial charge in [0.15, 0.2) is 5.71 Å². The minimum absolute atomic E-state index is 0.0594. The number of carbonyl (C=O) groups excluding carboxylic acids is 3. The first-order valence-electron chi connectivity index (χ1n) is 8.83. The van der Waals surface area contributed by atoms with Gasteiger partial charge in [-0.1, -0.05) is 23.4 Å². The molecule has 154 valence electrons. The first-order valence-corrected chi connectivity index (χ1v) is 8.83. The van der Waals surface area contributed by atoms with Crippen molar-refractivity contribution in [1.29, 1.82) is 0 Å². The number of hydrogen-bond donors (Lipinski definition) is 3. The molecule has 3 rings (SSSR count). The zero-order valence-corrected chi connectivity index (χ0v) is 15.6. The summed E-state index contributed by atoms with van der Waals surface area (Å²) in [6, 6.07) is -1.40. The molecule has 0 radical (unpaired) electrons. The van der Waals surface area contributed by atoms with Gasteiger partial charge in [-0.25, -0.2) is 9.59 Å². The summed E-state index contributed by atoms with van der Waals surface area (Å²) >= 11 is 0. The molecule has 11 nitrogen and oxygen atoms in total. The minimum atomic E-state index is -1.32. The second kappa shape index (κ2) is 8.17. The Morgan fingerprint density at radius 3 is 2.76 bits per heavy atom. The number of allylic oxidation sites excluding steroid dienone is 3. The SMILES string of the molecule is CO/N=C(\C(=O)NC1C(=O)N2C(C(=O)O)=C(COC(N)=O)CC[C@H]12)C1=CC=CC1. The Balaban J connectivity index is 1.75. The Labute approximate surface area is 165 Å². The summed E-state index contributed by atoms with van der Waals surface area (Å²) in [5.74, 6) is -2.46. The van der Waals surface area contributed by atoms with Crippen LogP contribution in [0.3, 0.4) is 0 Å². The maximum absolute atomic E-state index is 12.6. The highest BCUT2D eigenvalue weighted by Gasteiger charge is 2.53. The van der Waals surface area contributed by atoms with Crippen molar-refractivity contribution in [2.24, 2.45) is 10.9 Å². The fraction of sp³-hybridized carbons (Fsp3) is 0.389. The standard InChI is InChI=1S/C18H20N4O7/c1-28-21-12(9-4-2-3-5-9)15(23)20-13-11-7-6-10(8-29-18(19)27)14(17(25)26)22(11)16(13)24/h2-4,11,13H,5-8H2,1H3,(H2,19,27)(H,20,23)(H,25,26)/b21-12-/t11-,13?/m1/s1. The highest BCUT2D eigenvalue weighted by Crippen LogP contribution is 2.37. The smallest absolute Gasteiger partial charge is 0.404 e. The summed E-state index contributed by atoms with van der Waals surface area (Å²) in [5.41, 5.74) is 5.68.